The van der Waals surface area contributed by atoms with Gasteiger partial charge in [-0.3, -0.25) is 9.78 Å². The van der Waals surface area contributed by atoms with Crippen LogP contribution in [0, 0.1) is 6.92 Å². The highest BCUT2D eigenvalue weighted by Gasteiger charge is 2.19. The van der Waals surface area contributed by atoms with Crippen LogP contribution in [-0.2, 0) is 13.5 Å². The maximum atomic E-state index is 12.7. The molecule has 0 aliphatic heterocycles. The second kappa shape index (κ2) is 7.08. The van der Waals surface area contributed by atoms with Gasteiger partial charge in [0.2, 0.25) is 0 Å². The van der Waals surface area contributed by atoms with Crippen molar-refractivity contribution < 1.29 is 4.79 Å². The van der Waals surface area contributed by atoms with E-state index in [1.807, 2.05) is 55.1 Å². The third kappa shape index (κ3) is 3.51. The predicted octanol–water partition coefficient (Wildman–Crippen LogP) is 2.84. The summed E-state index contributed by atoms with van der Waals surface area (Å²) in [5, 5.41) is 3.12. The number of aromatic nitrogens is 3. The van der Waals surface area contributed by atoms with Crippen LogP contribution in [0.3, 0.4) is 0 Å². The molecule has 0 radical (unpaired) electrons. The van der Waals surface area contributed by atoms with Crippen molar-refractivity contribution in [3.63, 3.8) is 0 Å². The zero-order chi connectivity index (χ0) is 16.9. The van der Waals surface area contributed by atoms with Crippen LogP contribution < -0.4 is 5.32 Å². The molecule has 0 bridgehead atoms. The third-order valence-electron chi connectivity index (χ3n) is 4.07. The molecule has 0 unspecified atom stereocenters. The zero-order valence-electron chi connectivity index (χ0n) is 13.8. The second-order valence-electron chi connectivity index (χ2n) is 5.73. The predicted molar refractivity (Wildman–Crippen MR) is 92.5 cm³/mol. The maximum Gasteiger partial charge on any atom is 0.253 e. The number of amides is 1. The minimum absolute atomic E-state index is 0.122. The summed E-state index contributed by atoms with van der Waals surface area (Å²) in [7, 11) is 1.96. The molecule has 0 aliphatic rings. The molecule has 24 heavy (non-hydrogen) atoms. The molecule has 1 amide bonds. The molecular weight excluding hydrogens is 300 g/mol. The summed E-state index contributed by atoms with van der Waals surface area (Å²) in [4.78, 5) is 21.3. The molecule has 0 saturated heterocycles. The molecule has 0 aliphatic carbocycles. The van der Waals surface area contributed by atoms with Gasteiger partial charge in [-0.15, -0.1) is 0 Å². The Morgan fingerprint density at radius 1 is 1.12 bits per heavy atom. The van der Waals surface area contributed by atoms with Gasteiger partial charge in [-0.05, 0) is 24.6 Å². The number of benzene rings is 1. The van der Waals surface area contributed by atoms with Crippen molar-refractivity contribution in [3.05, 3.63) is 83.7 Å². The molecule has 1 N–H and O–H groups in total. The number of imidazole rings is 1. The van der Waals surface area contributed by atoms with Gasteiger partial charge in [-0.1, -0.05) is 30.3 Å². The minimum Gasteiger partial charge on any atom is -0.345 e. The number of hydrogen-bond acceptors (Lipinski definition) is 3. The van der Waals surface area contributed by atoms with Crippen LogP contribution in [0.4, 0.5) is 0 Å². The molecule has 3 aromatic rings. The molecule has 2 aromatic heterocycles. The van der Waals surface area contributed by atoms with Crippen LogP contribution in [0.5, 0.6) is 0 Å². The van der Waals surface area contributed by atoms with Gasteiger partial charge in [0.15, 0.2) is 0 Å². The molecule has 0 spiro atoms. The van der Waals surface area contributed by atoms with Gasteiger partial charge in [0.05, 0.1) is 11.6 Å². The number of aryl methyl sites for hydroxylation is 2. The third-order valence-corrected chi connectivity index (χ3v) is 4.07. The molecule has 2 heterocycles. The van der Waals surface area contributed by atoms with Crippen molar-refractivity contribution in [3.8, 4) is 0 Å². The fourth-order valence-electron chi connectivity index (χ4n) is 2.67. The summed E-state index contributed by atoms with van der Waals surface area (Å²) in [5.74, 6) is 0.802. The molecule has 5 nitrogen and oxygen atoms in total. The van der Waals surface area contributed by atoms with Crippen LogP contribution in [0.1, 0.15) is 33.5 Å². The molecule has 0 saturated carbocycles. The number of nitrogens with one attached hydrogen (secondary N) is 1. The molecule has 3 rings (SSSR count). The average Bonchev–Trinajstić information content (AvgIpc) is 3.00. The van der Waals surface area contributed by atoms with E-state index in [4.69, 9.17) is 0 Å². The maximum absolute atomic E-state index is 12.7. The van der Waals surface area contributed by atoms with Crippen LogP contribution in [0.2, 0.25) is 0 Å². The van der Waals surface area contributed by atoms with Crippen molar-refractivity contribution in [1.82, 2.24) is 19.9 Å². The van der Waals surface area contributed by atoms with Crippen LogP contribution in [0.15, 0.2) is 61.1 Å². The fourth-order valence-corrected chi connectivity index (χ4v) is 2.67. The van der Waals surface area contributed by atoms with Gasteiger partial charge in [0.1, 0.15) is 5.82 Å². The Hall–Kier alpha value is -2.95. The first-order valence-electron chi connectivity index (χ1n) is 7.89. The molecule has 122 valence electrons. The standard InChI is InChI=1S/C19H20N4O/c1-14-16(9-6-10-20-14)19(24)22-17(15-7-4-3-5-8-15)13-18-21-11-12-23(18)2/h3-12,17H,13H2,1-2H3,(H,22,24)/t17-/m1/s1. The van der Waals surface area contributed by atoms with Gasteiger partial charge in [-0.2, -0.15) is 0 Å². The number of nitrogens with zero attached hydrogens (tertiary/aromatic N) is 3. The van der Waals surface area contributed by atoms with E-state index in [0.717, 1.165) is 17.1 Å². The Labute approximate surface area is 141 Å². The second-order valence-corrected chi connectivity index (χ2v) is 5.73. The average molecular weight is 320 g/mol. The number of carbonyl (C=O) groups is 1. The van der Waals surface area contributed by atoms with Crippen molar-refractivity contribution in [1.29, 1.82) is 0 Å². The summed E-state index contributed by atoms with van der Waals surface area (Å²) in [6.07, 6.45) is 5.99. The normalized spacial score (nSPS) is 11.9. The Kier molecular flexibility index (Phi) is 4.70. The fraction of sp³-hybridized carbons (Fsp3) is 0.211. The Balaban J connectivity index is 1.86. The van der Waals surface area contributed by atoms with Gasteiger partial charge in [-0.25, -0.2) is 4.98 Å². The van der Waals surface area contributed by atoms with Crippen molar-refractivity contribution >= 4 is 5.91 Å². The first-order chi connectivity index (χ1) is 11.6. The van der Waals surface area contributed by atoms with Crippen LogP contribution >= 0.6 is 0 Å². The molecule has 5 heteroatoms. The van der Waals surface area contributed by atoms with E-state index in [0.29, 0.717) is 12.0 Å². The van der Waals surface area contributed by atoms with E-state index in [1.165, 1.54) is 0 Å². The Bertz CT molecular complexity index is 826. The lowest BCUT2D eigenvalue weighted by Crippen LogP contribution is -2.31. The SMILES string of the molecule is Cc1ncccc1C(=O)N[C@H](Cc1nccn1C)c1ccccc1. The molecule has 0 fully saturated rings. The van der Waals surface area contributed by atoms with Gasteiger partial charge in [0, 0.05) is 37.8 Å². The van der Waals surface area contributed by atoms with Crippen LogP contribution in [-0.4, -0.2) is 20.4 Å². The molecular formula is C19H20N4O. The Morgan fingerprint density at radius 2 is 1.92 bits per heavy atom. The highest BCUT2D eigenvalue weighted by molar-refractivity contribution is 5.95. The number of rotatable bonds is 5. The van der Waals surface area contributed by atoms with E-state index >= 15 is 0 Å². The summed E-state index contributed by atoms with van der Waals surface area (Å²) >= 11 is 0. The van der Waals surface area contributed by atoms with E-state index in [1.54, 1.807) is 24.5 Å². The summed E-state index contributed by atoms with van der Waals surface area (Å²) in [6, 6.07) is 13.4. The molecule has 1 aromatic carbocycles. The topological polar surface area (TPSA) is 59.8 Å². The molecule has 1 atom stereocenters. The summed E-state index contributed by atoms with van der Waals surface area (Å²) < 4.78 is 1.97. The largest absolute Gasteiger partial charge is 0.345 e. The first-order valence-corrected chi connectivity index (χ1v) is 7.89. The Morgan fingerprint density at radius 3 is 2.58 bits per heavy atom. The smallest absolute Gasteiger partial charge is 0.253 e. The van der Waals surface area contributed by atoms with E-state index in [9.17, 15) is 4.79 Å². The zero-order valence-corrected chi connectivity index (χ0v) is 13.8. The van der Waals surface area contributed by atoms with Crippen molar-refractivity contribution in [2.45, 2.75) is 19.4 Å². The van der Waals surface area contributed by atoms with E-state index in [-0.39, 0.29) is 11.9 Å². The lowest BCUT2D eigenvalue weighted by molar-refractivity contribution is 0.0935. The van der Waals surface area contributed by atoms with E-state index < -0.39 is 0 Å². The first kappa shape index (κ1) is 15.9. The monoisotopic (exact) mass is 320 g/mol. The van der Waals surface area contributed by atoms with Gasteiger partial charge < -0.3 is 9.88 Å². The van der Waals surface area contributed by atoms with Crippen molar-refractivity contribution in [2.24, 2.45) is 7.05 Å². The number of carbonyl (C=O) groups excluding carboxylic acids is 1. The highest BCUT2D eigenvalue weighted by Crippen LogP contribution is 2.18. The number of hydrogen-bond donors (Lipinski definition) is 1. The summed E-state index contributed by atoms with van der Waals surface area (Å²) in [5.41, 5.74) is 2.37. The lowest BCUT2D eigenvalue weighted by Gasteiger charge is -2.19. The van der Waals surface area contributed by atoms with Crippen LogP contribution in [0.25, 0.3) is 0 Å². The highest BCUT2D eigenvalue weighted by atomic mass is 16.1. The van der Waals surface area contributed by atoms with Gasteiger partial charge >= 0.3 is 0 Å². The number of pyridine rings is 1. The summed E-state index contributed by atoms with van der Waals surface area (Å²) in [6.45, 7) is 1.84. The quantitative estimate of drug-likeness (QED) is 0.786. The van der Waals surface area contributed by atoms with Gasteiger partial charge in [0.25, 0.3) is 5.91 Å². The minimum atomic E-state index is -0.153. The lowest BCUT2D eigenvalue weighted by atomic mass is 10.0. The van der Waals surface area contributed by atoms with E-state index in [2.05, 4.69) is 15.3 Å². The van der Waals surface area contributed by atoms with Crippen molar-refractivity contribution in [2.75, 3.05) is 0 Å².